The third-order valence-corrected chi connectivity index (χ3v) is 3.27. The summed E-state index contributed by atoms with van der Waals surface area (Å²) in [6, 6.07) is 6.63. The molecule has 1 fully saturated rings. The van der Waals surface area contributed by atoms with Crippen molar-refractivity contribution in [2.45, 2.75) is 38.3 Å². The summed E-state index contributed by atoms with van der Waals surface area (Å²) in [5, 5.41) is 12.8. The molecule has 0 radical (unpaired) electrons. The van der Waals surface area contributed by atoms with Gasteiger partial charge < -0.3 is 15.2 Å². The number of nitrogens with one attached hydrogen (secondary N) is 1. The topological polar surface area (TPSA) is 41.5 Å². The number of hydrogen-bond donors (Lipinski definition) is 2. The highest BCUT2D eigenvalue weighted by molar-refractivity contribution is 6.32. The Kier molecular flexibility index (Phi) is 5.29. The Balaban J connectivity index is 1.79. The van der Waals surface area contributed by atoms with Gasteiger partial charge in [-0.3, -0.25) is 0 Å². The Morgan fingerprint density at radius 1 is 1.33 bits per heavy atom. The molecule has 0 heterocycles. The number of benzene rings is 1. The lowest BCUT2D eigenvalue weighted by atomic mass is 10.2. The second-order valence-corrected chi connectivity index (χ2v) is 5.11. The quantitative estimate of drug-likeness (QED) is 0.713. The zero-order chi connectivity index (χ0) is 12.8. The maximum absolute atomic E-state index is 8.67. The standard InChI is InChI=1S/C14H20ClNO2/c15-13-9-11(10-16-12-4-5-12)3-6-14(13)18-8-2-1-7-17/h3,6,9,12,16-17H,1-2,4-5,7-8,10H2. The lowest BCUT2D eigenvalue weighted by Crippen LogP contribution is -2.15. The molecule has 0 saturated heterocycles. The van der Waals surface area contributed by atoms with Crippen LogP contribution in [0, 0.1) is 0 Å². The highest BCUT2D eigenvalue weighted by atomic mass is 35.5. The molecule has 0 aromatic heterocycles. The molecule has 0 bridgehead atoms. The van der Waals surface area contributed by atoms with Crippen LogP contribution in [0.2, 0.25) is 5.02 Å². The molecule has 1 aliphatic carbocycles. The van der Waals surface area contributed by atoms with Crippen molar-refractivity contribution in [3.8, 4) is 5.75 Å². The number of hydrogen-bond acceptors (Lipinski definition) is 3. The predicted octanol–water partition coefficient (Wildman–Crippen LogP) is 2.74. The van der Waals surface area contributed by atoms with Gasteiger partial charge in [0, 0.05) is 19.2 Å². The number of aliphatic hydroxyl groups excluding tert-OH is 1. The van der Waals surface area contributed by atoms with Crippen molar-refractivity contribution in [2.24, 2.45) is 0 Å². The van der Waals surface area contributed by atoms with Gasteiger partial charge in [0.15, 0.2) is 0 Å². The minimum absolute atomic E-state index is 0.211. The fourth-order valence-corrected chi connectivity index (χ4v) is 1.97. The first kappa shape index (κ1) is 13.7. The molecule has 1 saturated carbocycles. The molecule has 2 rings (SSSR count). The third-order valence-electron chi connectivity index (χ3n) is 2.98. The highest BCUT2D eigenvalue weighted by Gasteiger charge is 2.19. The molecule has 0 aliphatic heterocycles. The van der Waals surface area contributed by atoms with Crippen LogP contribution in [0.15, 0.2) is 18.2 Å². The van der Waals surface area contributed by atoms with Crippen LogP contribution in [0.3, 0.4) is 0 Å². The summed E-state index contributed by atoms with van der Waals surface area (Å²) in [6.45, 7) is 1.68. The van der Waals surface area contributed by atoms with Gasteiger partial charge in [0.25, 0.3) is 0 Å². The van der Waals surface area contributed by atoms with Crippen LogP contribution in [0.1, 0.15) is 31.2 Å². The SMILES string of the molecule is OCCCCOc1ccc(CNC2CC2)cc1Cl. The van der Waals surface area contributed by atoms with Gasteiger partial charge in [-0.05, 0) is 43.4 Å². The van der Waals surface area contributed by atoms with Crippen LogP contribution in [0.5, 0.6) is 5.75 Å². The molecule has 0 atom stereocenters. The maximum atomic E-state index is 8.67. The van der Waals surface area contributed by atoms with Crippen LogP contribution in [-0.4, -0.2) is 24.4 Å². The summed E-state index contributed by atoms with van der Waals surface area (Å²) in [5.41, 5.74) is 1.19. The van der Waals surface area contributed by atoms with Gasteiger partial charge in [-0.1, -0.05) is 17.7 Å². The molecule has 1 aromatic rings. The Hall–Kier alpha value is -0.770. The fraction of sp³-hybridized carbons (Fsp3) is 0.571. The third kappa shape index (κ3) is 4.48. The average molecular weight is 270 g/mol. The number of ether oxygens (including phenoxy) is 1. The molecule has 100 valence electrons. The van der Waals surface area contributed by atoms with E-state index in [1.54, 1.807) is 0 Å². The second kappa shape index (κ2) is 6.98. The van der Waals surface area contributed by atoms with Crippen LogP contribution in [0.25, 0.3) is 0 Å². The van der Waals surface area contributed by atoms with Crippen molar-refractivity contribution in [1.82, 2.24) is 5.32 Å². The molecule has 0 unspecified atom stereocenters. The Morgan fingerprint density at radius 2 is 2.17 bits per heavy atom. The molecule has 1 aliphatic rings. The van der Waals surface area contributed by atoms with Gasteiger partial charge in [-0.25, -0.2) is 0 Å². The van der Waals surface area contributed by atoms with E-state index in [1.165, 1.54) is 18.4 Å². The summed E-state index contributed by atoms with van der Waals surface area (Å²) >= 11 is 6.17. The minimum atomic E-state index is 0.211. The number of rotatable bonds is 8. The second-order valence-electron chi connectivity index (χ2n) is 4.70. The van der Waals surface area contributed by atoms with Crippen molar-refractivity contribution in [3.63, 3.8) is 0 Å². The van der Waals surface area contributed by atoms with E-state index in [1.807, 2.05) is 18.2 Å². The lowest BCUT2D eigenvalue weighted by molar-refractivity contribution is 0.253. The van der Waals surface area contributed by atoms with Gasteiger partial charge in [-0.2, -0.15) is 0 Å². The Labute approximate surface area is 113 Å². The van der Waals surface area contributed by atoms with Crippen LogP contribution < -0.4 is 10.1 Å². The van der Waals surface area contributed by atoms with Crippen LogP contribution in [-0.2, 0) is 6.54 Å². The largest absolute Gasteiger partial charge is 0.492 e. The molecular formula is C14H20ClNO2. The molecule has 2 N–H and O–H groups in total. The minimum Gasteiger partial charge on any atom is -0.492 e. The van der Waals surface area contributed by atoms with Crippen LogP contribution >= 0.6 is 11.6 Å². The summed E-state index contributed by atoms with van der Waals surface area (Å²) in [6.07, 6.45) is 4.19. The first-order chi connectivity index (χ1) is 8.79. The molecule has 1 aromatic carbocycles. The summed E-state index contributed by atoms with van der Waals surface area (Å²) in [7, 11) is 0. The van der Waals surface area contributed by atoms with E-state index in [4.69, 9.17) is 21.4 Å². The van der Waals surface area contributed by atoms with E-state index >= 15 is 0 Å². The molecule has 0 amide bonds. The fourth-order valence-electron chi connectivity index (χ4n) is 1.72. The summed E-state index contributed by atoms with van der Waals surface area (Å²) in [4.78, 5) is 0. The van der Waals surface area contributed by atoms with E-state index in [-0.39, 0.29) is 6.61 Å². The molecule has 0 spiro atoms. The first-order valence-electron chi connectivity index (χ1n) is 6.55. The summed E-state index contributed by atoms with van der Waals surface area (Å²) < 4.78 is 5.57. The number of aliphatic hydroxyl groups is 1. The molecule has 18 heavy (non-hydrogen) atoms. The zero-order valence-electron chi connectivity index (χ0n) is 10.5. The van der Waals surface area contributed by atoms with Crippen molar-refractivity contribution in [2.75, 3.05) is 13.2 Å². The van der Waals surface area contributed by atoms with Crippen molar-refractivity contribution >= 4 is 11.6 Å². The van der Waals surface area contributed by atoms with Gasteiger partial charge in [0.1, 0.15) is 5.75 Å². The van der Waals surface area contributed by atoms with Gasteiger partial charge in [0.05, 0.1) is 11.6 Å². The smallest absolute Gasteiger partial charge is 0.137 e. The van der Waals surface area contributed by atoms with E-state index in [0.29, 0.717) is 17.7 Å². The van der Waals surface area contributed by atoms with Crippen molar-refractivity contribution in [3.05, 3.63) is 28.8 Å². The van der Waals surface area contributed by atoms with Crippen LogP contribution in [0.4, 0.5) is 0 Å². The Morgan fingerprint density at radius 3 is 2.83 bits per heavy atom. The normalized spacial score (nSPS) is 14.8. The molecular weight excluding hydrogens is 250 g/mol. The zero-order valence-corrected chi connectivity index (χ0v) is 11.2. The van der Waals surface area contributed by atoms with E-state index in [9.17, 15) is 0 Å². The van der Waals surface area contributed by atoms with Gasteiger partial charge in [-0.15, -0.1) is 0 Å². The Bertz CT molecular complexity index is 380. The van der Waals surface area contributed by atoms with Crippen molar-refractivity contribution in [1.29, 1.82) is 0 Å². The van der Waals surface area contributed by atoms with Crippen molar-refractivity contribution < 1.29 is 9.84 Å². The number of halogens is 1. The monoisotopic (exact) mass is 269 g/mol. The first-order valence-corrected chi connectivity index (χ1v) is 6.93. The van der Waals surface area contributed by atoms with Gasteiger partial charge in [0.2, 0.25) is 0 Å². The predicted molar refractivity (Wildman–Crippen MR) is 73.1 cm³/mol. The average Bonchev–Trinajstić information content (AvgIpc) is 3.18. The number of unbranched alkanes of at least 4 members (excludes halogenated alkanes) is 1. The van der Waals surface area contributed by atoms with Gasteiger partial charge >= 0.3 is 0 Å². The molecule has 3 nitrogen and oxygen atoms in total. The van der Waals surface area contributed by atoms with E-state index in [0.717, 1.165) is 25.1 Å². The van der Waals surface area contributed by atoms with E-state index in [2.05, 4.69) is 5.32 Å². The van der Waals surface area contributed by atoms with E-state index < -0.39 is 0 Å². The maximum Gasteiger partial charge on any atom is 0.137 e. The molecule has 4 heteroatoms. The lowest BCUT2D eigenvalue weighted by Gasteiger charge is -2.09. The highest BCUT2D eigenvalue weighted by Crippen LogP contribution is 2.26. The summed E-state index contributed by atoms with van der Waals surface area (Å²) in [5.74, 6) is 0.727.